The smallest absolute Gasteiger partial charge is 0.340 e. The number of esters is 1. The maximum absolute atomic E-state index is 11.8. The Balaban J connectivity index is 2.10. The predicted molar refractivity (Wildman–Crippen MR) is 70.9 cm³/mol. The van der Waals surface area contributed by atoms with Crippen molar-refractivity contribution in [2.24, 2.45) is 0 Å². The van der Waals surface area contributed by atoms with Crippen LogP contribution in [-0.2, 0) is 17.6 Å². The van der Waals surface area contributed by atoms with Crippen LogP contribution in [0.15, 0.2) is 18.3 Å². The van der Waals surface area contributed by atoms with Crippen molar-refractivity contribution in [3.8, 4) is 0 Å². The molecule has 18 heavy (non-hydrogen) atoms. The number of nitrogens with one attached hydrogen (secondary N) is 1. The Kier molecular flexibility index (Phi) is 2.82. The van der Waals surface area contributed by atoms with Crippen LogP contribution in [0.2, 0.25) is 0 Å². The molecule has 3 nitrogen and oxygen atoms in total. The van der Waals surface area contributed by atoms with Crippen LogP contribution in [0, 0.1) is 0 Å². The standard InChI is InChI=1S/C15H17NO2/c1-2-18-15(17)13-9-16-14-8-11-6-4-3-5-10(11)7-12(13)14/h7-9,16H,2-6H2,1H3. The summed E-state index contributed by atoms with van der Waals surface area (Å²) in [6, 6.07) is 4.35. The minimum absolute atomic E-state index is 0.237. The van der Waals surface area contributed by atoms with Gasteiger partial charge < -0.3 is 9.72 Å². The summed E-state index contributed by atoms with van der Waals surface area (Å²) < 4.78 is 5.08. The van der Waals surface area contributed by atoms with Crippen molar-refractivity contribution in [2.45, 2.75) is 32.6 Å². The fourth-order valence-corrected chi connectivity index (χ4v) is 2.73. The van der Waals surface area contributed by atoms with E-state index < -0.39 is 0 Å². The second-order valence-electron chi connectivity index (χ2n) is 4.80. The van der Waals surface area contributed by atoms with Gasteiger partial charge in [0, 0.05) is 17.1 Å². The van der Waals surface area contributed by atoms with Crippen LogP contribution >= 0.6 is 0 Å². The minimum Gasteiger partial charge on any atom is -0.462 e. The van der Waals surface area contributed by atoms with Crippen LogP contribution in [0.5, 0.6) is 0 Å². The zero-order valence-electron chi connectivity index (χ0n) is 10.6. The van der Waals surface area contributed by atoms with Crippen molar-refractivity contribution in [3.05, 3.63) is 35.0 Å². The van der Waals surface area contributed by atoms with Crippen LogP contribution < -0.4 is 0 Å². The Morgan fingerprint density at radius 1 is 1.28 bits per heavy atom. The minimum atomic E-state index is -0.237. The Morgan fingerprint density at radius 2 is 2.00 bits per heavy atom. The number of rotatable bonds is 2. The van der Waals surface area contributed by atoms with Crippen LogP contribution in [0.4, 0.5) is 0 Å². The number of carbonyl (C=O) groups is 1. The maximum Gasteiger partial charge on any atom is 0.340 e. The first kappa shape index (κ1) is 11.3. The quantitative estimate of drug-likeness (QED) is 0.823. The third kappa shape index (κ3) is 1.80. The average Bonchev–Trinajstić information content (AvgIpc) is 2.79. The van der Waals surface area contributed by atoms with Crippen molar-refractivity contribution < 1.29 is 9.53 Å². The summed E-state index contributed by atoms with van der Waals surface area (Å²) in [5.74, 6) is -0.237. The number of hydrogen-bond acceptors (Lipinski definition) is 2. The third-order valence-electron chi connectivity index (χ3n) is 3.64. The Hall–Kier alpha value is -1.77. The first-order chi connectivity index (χ1) is 8.79. The molecule has 2 aromatic rings. The summed E-state index contributed by atoms with van der Waals surface area (Å²) in [5, 5.41) is 0.995. The van der Waals surface area contributed by atoms with Gasteiger partial charge in [-0.05, 0) is 55.9 Å². The molecule has 0 unspecified atom stereocenters. The molecule has 1 N–H and O–H groups in total. The van der Waals surface area contributed by atoms with E-state index in [1.807, 2.05) is 6.92 Å². The van der Waals surface area contributed by atoms with Gasteiger partial charge in [-0.1, -0.05) is 0 Å². The number of aromatic amines is 1. The lowest BCUT2D eigenvalue weighted by atomic mass is 9.90. The molecule has 94 valence electrons. The van der Waals surface area contributed by atoms with Gasteiger partial charge in [0.25, 0.3) is 0 Å². The first-order valence-electron chi connectivity index (χ1n) is 6.59. The predicted octanol–water partition coefficient (Wildman–Crippen LogP) is 3.22. The molecule has 0 spiro atoms. The van der Waals surface area contributed by atoms with Crippen LogP contribution in [-0.4, -0.2) is 17.6 Å². The zero-order chi connectivity index (χ0) is 12.5. The number of H-pyrrole nitrogens is 1. The van der Waals surface area contributed by atoms with E-state index >= 15 is 0 Å². The molecular weight excluding hydrogens is 226 g/mol. The summed E-state index contributed by atoms with van der Waals surface area (Å²) >= 11 is 0. The first-order valence-corrected chi connectivity index (χ1v) is 6.59. The molecule has 0 saturated heterocycles. The fraction of sp³-hybridized carbons (Fsp3) is 0.400. The highest BCUT2D eigenvalue weighted by atomic mass is 16.5. The van der Waals surface area contributed by atoms with Gasteiger partial charge in [0.2, 0.25) is 0 Å². The lowest BCUT2D eigenvalue weighted by Gasteiger charge is -2.15. The van der Waals surface area contributed by atoms with Gasteiger partial charge >= 0.3 is 5.97 Å². The SMILES string of the molecule is CCOC(=O)c1c[nH]c2cc3c(cc12)CCCC3. The average molecular weight is 243 g/mol. The van der Waals surface area contributed by atoms with E-state index in [0.29, 0.717) is 12.2 Å². The topological polar surface area (TPSA) is 42.1 Å². The highest BCUT2D eigenvalue weighted by Gasteiger charge is 2.16. The van der Waals surface area contributed by atoms with Crippen LogP contribution in [0.25, 0.3) is 10.9 Å². The molecular formula is C15H17NO2. The molecule has 0 aliphatic heterocycles. The van der Waals surface area contributed by atoms with Gasteiger partial charge in [-0.3, -0.25) is 0 Å². The molecule has 0 saturated carbocycles. The number of aryl methyl sites for hydroxylation is 2. The monoisotopic (exact) mass is 243 g/mol. The molecule has 3 heteroatoms. The Bertz CT molecular complexity index is 598. The molecule has 1 heterocycles. The highest BCUT2D eigenvalue weighted by molar-refractivity contribution is 6.04. The number of aromatic nitrogens is 1. The molecule has 1 aliphatic rings. The maximum atomic E-state index is 11.8. The lowest BCUT2D eigenvalue weighted by Crippen LogP contribution is -2.05. The summed E-state index contributed by atoms with van der Waals surface area (Å²) in [6.07, 6.45) is 6.55. The van der Waals surface area contributed by atoms with E-state index in [4.69, 9.17) is 4.74 Å². The number of ether oxygens (including phenoxy) is 1. The second kappa shape index (κ2) is 4.48. The van der Waals surface area contributed by atoms with Crippen molar-refractivity contribution in [3.63, 3.8) is 0 Å². The number of benzene rings is 1. The van der Waals surface area contributed by atoms with Gasteiger partial charge in [-0.2, -0.15) is 0 Å². The van der Waals surface area contributed by atoms with E-state index in [0.717, 1.165) is 23.7 Å². The van der Waals surface area contributed by atoms with Gasteiger partial charge in [0.1, 0.15) is 0 Å². The summed E-state index contributed by atoms with van der Waals surface area (Å²) in [6.45, 7) is 2.24. The van der Waals surface area contributed by atoms with Gasteiger partial charge in [-0.25, -0.2) is 4.79 Å². The van der Waals surface area contributed by atoms with Gasteiger partial charge in [0.05, 0.1) is 12.2 Å². The molecule has 0 radical (unpaired) electrons. The van der Waals surface area contributed by atoms with Crippen molar-refractivity contribution in [1.29, 1.82) is 0 Å². The summed E-state index contributed by atoms with van der Waals surface area (Å²) in [4.78, 5) is 15.0. The molecule has 0 bridgehead atoms. The van der Waals surface area contributed by atoms with Crippen LogP contribution in [0.3, 0.4) is 0 Å². The normalized spacial score (nSPS) is 14.5. The van der Waals surface area contributed by atoms with E-state index in [1.54, 1.807) is 6.20 Å². The van der Waals surface area contributed by atoms with Crippen molar-refractivity contribution in [2.75, 3.05) is 6.61 Å². The van der Waals surface area contributed by atoms with Gasteiger partial charge in [-0.15, -0.1) is 0 Å². The molecule has 0 amide bonds. The van der Waals surface area contributed by atoms with Crippen molar-refractivity contribution in [1.82, 2.24) is 4.98 Å². The zero-order valence-corrected chi connectivity index (χ0v) is 10.6. The molecule has 1 aliphatic carbocycles. The Labute approximate surface area is 106 Å². The molecule has 3 rings (SSSR count). The lowest BCUT2D eigenvalue weighted by molar-refractivity contribution is 0.0529. The van der Waals surface area contributed by atoms with Crippen LogP contribution in [0.1, 0.15) is 41.3 Å². The Morgan fingerprint density at radius 3 is 2.72 bits per heavy atom. The summed E-state index contributed by atoms with van der Waals surface area (Å²) in [7, 11) is 0. The van der Waals surface area contributed by atoms with Crippen molar-refractivity contribution >= 4 is 16.9 Å². The summed E-state index contributed by atoms with van der Waals surface area (Å²) in [5.41, 5.74) is 4.50. The molecule has 0 fully saturated rings. The molecule has 1 aromatic carbocycles. The second-order valence-corrected chi connectivity index (χ2v) is 4.80. The number of fused-ring (bicyclic) bond motifs is 2. The highest BCUT2D eigenvalue weighted by Crippen LogP contribution is 2.28. The van der Waals surface area contributed by atoms with E-state index in [-0.39, 0.29) is 5.97 Å². The van der Waals surface area contributed by atoms with E-state index in [2.05, 4.69) is 17.1 Å². The largest absolute Gasteiger partial charge is 0.462 e. The van der Waals surface area contributed by atoms with E-state index in [1.165, 1.54) is 24.0 Å². The molecule has 0 atom stereocenters. The molecule has 1 aromatic heterocycles. The number of hydrogen-bond donors (Lipinski definition) is 1. The number of carbonyl (C=O) groups excluding carboxylic acids is 1. The third-order valence-corrected chi connectivity index (χ3v) is 3.64. The fourth-order valence-electron chi connectivity index (χ4n) is 2.73. The van der Waals surface area contributed by atoms with E-state index in [9.17, 15) is 4.79 Å². The van der Waals surface area contributed by atoms with Gasteiger partial charge in [0.15, 0.2) is 0 Å².